The molecule has 0 saturated carbocycles. The zero-order valence-corrected chi connectivity index (χ0v) is 23.4. The molecule has 0 spiro atoms. The fraction of sp³-hybridized carbons (Fsp3) is 0.100. The lowest BCUT2D eigenvalue weighted by Crippen LogP contribution is -2.33. The number of aromatic nitrogens is 1. The van der Waals surface area contributed by atoms with Crippen molar-refractivity contribution >= 4 is 69.3 Å². The smallest absolute Gasteiger partial charge is 0.250 e. The van der Waals surface area contributed by atoms with E-state index in [9.17, 15) is 4.79 Å². The molecule has 2 aromatic heterocycles. The molecule has 0 saturated heterocycles. The molecule has 2 heterocycles. The molecule has 9 heteroatoms. The van der Waals surface area contributed by atoms with Crippen LogP contribution in [0.1, 0.15) is 23.8 Å². The first kappa shape index (κ1) is 26.7. The van der Waals surface area contributed by atoms with E-state index >= 15 is 0 Å². The van der Waals surface area contributed by atoms with Crippen LogP contribution >= 0.6 is 35.4 Å². The number of fused-ring (bicyclic) bond motifs is 1. The quantitative estimate of drug-likeness (QED) is 0.156. The van der Waals surface area contributed by atoms with E-state index in [1.807, 2.05) is 43.3 Å². The number of aryl methyl sites for hydroxylation is 2. The number of hydrogen-bond donors (Lipinski definition) is 2. The monoisotopic (exact) mass is 575 g/mol. The lowest BCUT2D eigenvalue weighted by atomic mass is 10.1. The second kappa shape index (κ2) is 11.5. The third kappa shape index (κ3) is 6.06. The van der Waals surface area contributed by atoms with Crippen LogP contribution in [-0.4, -0.2) is 16.0 Å². The van der Waals surface area contributed by atoms with Crippen LogP contribution in [0.3, 0.4) is 0 Å². The molecule has 0 unspecified atom stereocenters. The number of rotatable bonds is 6. The van der Waals surface area contributed by atoms with E-state index in [0.29, 0.717) is 33.0 Å². The number of anilines is 1. The molecule has 2 N–H and O–H groups in total. The maximum atomic E-state index is 12.5. The number of benzene rings is 3. The molecule has 39 heavy (non-hydrogen) atoms. The van der Waals surface area contributed by atoms with Gasteiger partial charge in [-0.1, -0.05) is 48.3 Å². The van der Waals surface area contributed by atoms with Gasteiger partial charge in [0.2, 0.25) is 11.8 Å². The Balaban J connectivity index is 1.24. The lowest BCUT2D eigenvalue weighted by Gasteiger charge is -2.11. The molecule has 0 fully saturated rings. The highest BCUT2D eigenvalue weighted by Gasteiger charge is 2.13. The maximum absolute atomic E-state index is 12.5. The standard InChI is InChI=1S/C30H23Cl2N3O3S/c1-3-18-8-12-26-24(15-18)33-29(38-26)19-9-7-17(2)23(16-19)34-30(39)35-27(36)14-11-20-10-13-25(37-20)21-5-4-6-22(31)28(21)32/h4-16H,3H2,1-2H3,(H2,34,35,36,39). The summed E-state index contributed by atoms with van der Waals surface area (Å²) in [6.45, 7) is 4.04. The molecular weight excluding hydrogens is 553 g/mol. The van der Waals surface area contributed by atoms with Gasteiger partial charge in [0.05, 0.1) is 10.0 Å². The fourth-order valence-electron chi connectivity index (χ4n) is 3.95. The minimum Gasteiger partial charge on any atom is -0.457 e. The van der Waals surface area contributed by atoms with Crippen LogP contribution < -0.4 is 10.6 Å². The van der Waals surface area contributed by atoms with Gasteiger partial charge in [-0.25, -0.2) is 4.98 Å². The number of furan rings is 1. The van der Waals surface area contributed by atoms with E-state index in [4.69, 9.17) is 44.3 Å². The number of oxazole rings is 1. The zero-order valence-electron chi connectivity index (χ0n) is 21.0. The van der Waals surface area contributed by atoms with Gasteiger partial charge in [0.15, 0.2) is 10.7 Å². The lowest BCUT2D eigenvalue weighted by molar-refractivity contribution is -0.115. The largest absolute Gasteiger partial charge is 0.457 e. The number of carbonyl (C=O) groups excluding carboxylic acids is 1. The van der Waals surface area contributed by atoms with Crippen molar-refractivity contribution in [1.29, 1.82) is 0 Å². The van der Waals surface area contributed by atoms with Gasteiger partial charge in [-0.3, -0.25) is 10.1 Å². The zero-order chi connectivity index (χ0) is 27.5. The molecule has 0 atom stereocenters. The number of halogens is 2. The third-order valence-corrected chi connectivity index (χ3v) is 7.10. The molecule has 0 aliphatic rings. The Morgan fingerprint density at radius 2 is 1.90 bits per heavy atom. The van der Waals surface area contributed by atoms with Crippen LogP contribution in [-0.2, 0) is 11.2 Å². The molecule has 0 radical (unpaired) electrons. The highest BCUT2D eigenvalue weighted by atomic mass is 35.5. The average molecular weight is 577 g/mol. The molecule has 0 bridgehead atoms. The number of carbonyl (C=O) groups is 1. The summed E-state index contributed by atoms with van der Waals surface area (Å²) >= 11 is 17.7. The fourth-order valence-corrected chi connectivity index (χ4v) is 4.56. The molecule has 6 nitrogen and oxygen atoms in total. The molecular formula is C30H23Cl2N3O3S. The molecule has 3 aromatic carbocycles. The Morgan fingerprint density at radius 1 is 1.05 bits per heavy atom. The Bertz CT molecular complexity index is 1740. The van der Waals surface area contributed by atoms with Gasteiger partial charge in [-0.2, -0.15) is 0 Å². The molecule has 196 valence electrons. The van der Waals surface area contributed by atoms with Crippen LogP contribution in [0.2, 0.25) is 10.0 Å². The Labute approximate surface area is 240 Å². The number of nitrogens with zero attached hydrogens (tertiary/aromatic N) is 1. The predicted molar refractivity (Wildman–Crippen MR) is 161 cm³/mol. The summed E-state index contributed by atoms with van der Waals surface area (Å²) in [5.41, 5.74) is 5.87. The number of thiocarbonyl (C=S) groups is 1. The van der Waals surface area contributed by atoms with Crippen LogP contribution in [0.4, 0.5) is 5.69 Å². The van der Waals surface area contributed by atoms with Crippen LogP contribution in [0.15, 0.2) is 81.6 Å². The average Bonchev–Trinajstić information content (AvgIpc) is 3.57. The van der Waals surface area contributed by atoms with Crippen LogP contribution in [0.25, 0.3) is 40.0 Å². The van der Waals surface area contributed by atoms with E-state index < -0.39 is 5.91 Å². The van der Waals surface area contributed by atoms with Crippen molar-refractivity contribution in [1.82, 2.24) is 10.3 Å². The van der Waals surface area contributed by atoms with Gasteiger partial charge in [-0.15, -0.1) is 0 Å². The summed E-state index contributed by atoms with van der Waals surface area (Å²) in [5.74, 6) is 1.12. The molecule has 0 aliphatic carbocycles. The van der Waals surface area contributed by atoms with E-state index in [1.165, 1.54) is 11.6 Å². The summed E-state index contributed by atoms with van der Waals surface area (Å²) in [4.78, 5) is 17.1. The van der Waals surface area contributed by atoms with Crippen molar-refractivity contribution in [3.05, 3.63) is 99.7 Å². The number of hydrogen-bond acceptors (Lipinski definition) is 5. The Hall–Kier alpha value is -3.91. The van der Waals surface area contributed by atoms with Crippen molar-refractivity contribution in [3.8, 4) is 22.8 Å². The third-order valence-electron chi connectivity index (χ3n) is 6.07. The van der Waals surface area contributed by atoms with Gasteiger partial charge in [0.1, 0.15) is 17.0 Å². The molecule has 5 rings (SSSR count). The van der Waals surface area contributed by atoms with Gasteiger partial charge in [0, 0.05) is 22.9 Å². The highest BCUT2D eigenvalue weighted by molar-refractivity contribution is 7.80. The molecule has 5 aromatic rings. The van der Waals surface area contributed by atoms with Crippen molar-refractivity contribution in [2.24, 2.45) is 0 Å². The predicted octanol–water partition coefficient (Wildman–Crippen LogP) is 8.46. The highest BCUT2D eigenvalue weighted by Crippen LogP contribution is 2.34. The van der Waals surface area contributed by atoms with Gasteiger partial charge >= 0.3 is 0 Å². The summed E-state index contributed by atoms with van der Waals surface area (Å²) in [5, 5.41) is 6.72. The first-order valence-corrected chi connectivity index (χ1v) is 13.3. The van der Waals surface area contributed by atoms with Crippen molar-refractivity contribution in [3.63, 3.8) is 0 Å². The normalized spacial score (nSPS) is 11.3. The van der Waals surface area contributed by atoms with Crippen LogP contribution in [0, 0.1) is 6.92 Å². The van der Waals surface area contributed by atoms with E-state index in [1.54, 1.807) is 36.4 Å². The Kier molecular flexibility index (Phi) is 7.84. The second-order valence-corrected chi connectivity index (χ2v) is 9.98. The van der Waals surface area contributed by atoms with Crippen molar-refractivity contribution in [2.45, 2.75) is 20.3 Å². The topological polar surface area (TPSA) is 80.3 Å². The summed E-state index contributed by atoms with van der Waals surface area (Å²) < 4.78 is 11.7. The van der Waals surface area contributed by atoms with E-state index in [0.717, 1.165) is 34.3 Å². The minimum absolute atomic E-state index is 0.154. The number of nitrogens with one attached hydrogen (secondary N) is 2. The second-order valence-electron chi connectivity index (χ2n) is 8.78. The first-order chi connectivity index (χ1) is 18.8. The van der Waals surface area contributed by atoms with Crippen LogP contribution in [0.5, 0.6) is 0 Å². The van der Waals surface area contributed by atoms with E-state index in [2.05, 4.69) is 22.5 Å². The maximum Gasteiger partial charge on any atom is 0.250 e. The Morgan fingerprint density at radius 3 is 2.72 bits per heavy atom. The summed E-state index contributed by atoms with van der Waals surface area (Å²) in [6.07, 6.45) is 3.81. The summed E-state index contributed by atoms with van der Waals surface area (Å²) in [7, 11) is 0. The molecule has 0 aliphatic heterocycles. The summed E-state index contributed by atoms with van der Waals surface area (Å²) in [6, 6.07) is 20.6. The number of amides is 1. The SMILES string of the molecule is CCc1ccc2oc(-c3ccc(C)c(NC(=S)NC(=O)C=Cc4ccc(-c5cccc(Cl)c5Cl)o4)c3)nc2c1. The van der Waals surface area contributed by atoms with Crippen molar-refractivity contribution in [2.75, 3.05) is 5.32 Å². The van der Waals surface area contributed by atoms with Gasteiger partial charge < -0.3 is 14.2 Å². The van der Waals surface area contributed by atoms with Gasteiger partial charge in [-0.05, 0) is 91.3 Å². The first-order valence-electron chi connectivity index (χ1n) is 12.2. The van der Waals surface area contributed by atoms with Gasteiger partial charge in [0.25, 0.3) is 0 Å². The minimum atomic E-state index is -0.411. The van der Waals surface area contributed by atoms with E-state index in [-0.39, 0.29) is 5.11 Å². The van der Waals surface area contributed by atoms with Crippen molar-refractivity contribution < 1.29 is 13.6 Å². The molecule has 1 amide bonds.